The number of aromatic nitrogens is 2. The van der Waals surface area contributed by atoms with Crippen LogP contribution in [0.25, 0.3) is 21.8 Å². The maximum absolute atomic E-state index is 5.13. The Morgan fingerprint density at radius 1 is 1.05 bits per heavy atom. The first-order valence-electron chi connectivity index (χ1n) is 8.33. The number of benzene rings is 1. The molecular weight excluding hydrogens is 268 g/mol. The third kappa shape index (κ3) is 2.01. The van der Waals surface area contributed by atoms with E-state index >= 15 is 0 Å². The lowest BCUT2D eigenvalue weighted by atomic mass is 9.75. The van der Waals surface area contributed by atoms with Crippen molar-refractivity contribution < 1.29 is 0 Å². The highest BCUT2D eigenvalue weighted by Gasteiger charge is 2.28. The molecule has 0 N–H and O–H groups in total. The second-order valence-electron chi connectivity index (χ2n) is 7.00. The van der Waals surface area contributed by atoms with Gasteiger partial charge in [-0.15, -0.1) is 0 Å². The van der Waals surface area contributed by atoms with Gasteiger partial charge in [-0.1, -0.05) is 39.0 Å². The average Bonchev–Trinajstić information content (AvgIpc) is 2.53. The standard InChI is InChI=1S/C20H22N2/c1-12(2)16-9-6-13(3)17-11-15-8-7-14-5-4-10-21-18(14)19(15)22-20(16)17/h4-5,7-8,10-13,16H,6,9H2,1-3H3/t13-,16-/m1/s1. The van der Waals surface area contributed by atoms with Crippen LogP contribution in [-0.2, 0) is 0 Å². The molecule has 0 saturated heterocycles. The highest BCUT2D eigenvalue weighted by molar-refractivity contribution is 6.02. The van der Waals surface area contributed by atoms with Crippen LogP contribution in [0.15, 0.2) is 36.5 Å². The van der Waals surface area contributed by atoms with Crippen LogP contribution < -0.4 is 0 Å². The van der Waals surface area contributed by atoms with E-state index < -0.39 is 0 Å². The molecule has 1 aliphatic rings. The summed E-state index contributed by atoms with van der Waals surface area (Å²) in [6, 6.07) is 10.8. The number of hydrogen-bond acceptors (Lipinski definition) is 2. The van der Waals surface area contributed by atoms with Crippen LogP contribution in [0.3, 0.4) is 0 Å². The van der Waals surface area contributed by atoms with Crippen molar-refractivity contribution in [2.45, 2.75) is 45.4 Å². The van der Waals surface area contributed by atoms with Gasteiger partial charge in [-0.2, -0.15) is 0 Å². The molecule has 22 heavy (non-hydrogen) atoms. The Bertz CT molecular complexity index is 851. The average molecular weight is 290 g/mol. The Hall–Kier alpha value is -1.96. The first-order chi connectivity index (χ1) is 10.6. The molecule has 2 aromatic heterocycles. The van der Waals surface area contributed by atoms with Crippen molar-refractivity contribution in [2.24, 2.45) is 5.92 Å². The summed E-state index contributed by atoms with van der Waals surface area (Å²) in [6.07, 6.45) is 4.39. The van der Waals surface area contributed by atoms with Crippen LogP contribution in [0.4, 0.5) is 0 Å². The Morgan fingerprint density at radius 2 is 1.86 bits per heavy atom. The van der Waals surface area contributed by atoms with Gasteiger partial charge in [0.1, 0.15) is 0 Å². The van der Waals surface area contributed by atoms with Gasteiger partial charge in [0.2, 0.25) is 0 Å². The number of hydrogen-bond donors (Lipinski definition) is 0. The quantitative estimate of drug-likeness (QED) is 0.559. The van der Waals surface area contributed by atoms with E-state index in [-0.39, 0.29) is 0 Å². The molecule has 0 spiro atoms. The van der Waals surface area contributed by atoms with Gasteiger partial charge >= 0.3 is 0 Å². The Morgan fingerprint density at radius 3 is 2.68 bits per heavy atom. The van der Waals surface area contributed by atoms with Crippen LogP contribution in [0, 0.1) is 5.92 Å². The summed E-state index contributed by atoms with van der Waals surface area (Å²) in [7, 11) is 0. The third-order valence-corrected chi connectivity index (χ3v) is 5.22. The van der Waals surface area contributed by atoms with E-state index in [1.165, 1.54) is 34.9 Å². The molecule has 1 aromatic carbocycles. The molecule has 0 amide bonds. The lowest BCUT2D eigenvalue weighted by molar-refractivity contribution is 0.402. The minimum atomic E-state index is 0.578. The Balaban J connectivity index is 2.05. The van der Waals surface area contributed by atoms with Gasteiger partial charge in [-0.25, -0.2) is 4.98 Å². The predicted octanol–water partition coefficient (Wildman–Crippen LogP) is 5.42. The first kappa shape index (κ1) is 13.7. The number of rotatable bonds is 1. The maximum Gasteiger partial charge on any atom is 0.0968 e. The molecule has 2 atom stereocenters. The zero-order valence-corrected chi connectivity index (χ0v) is 13.5. The predicted molar refractivity (Wildman–Crippen MR) is 92.3 cm³/mol. The normalized spacial score (nSPS) is 21.5. The van der Waals surface area contributed by atoms with E-state index in [0.29, 0.717) is 17.8 Å². The topological polar surface area (TPSA) is 25.8 Å². The SMILES string of the molecule is CC(C)[C@H]1CC[C@@H](C)c2cc3ccc4cccnc4c3nc21. The summed E-state index contributed by atoms with van der Waals surface area (Å²) in [5.74, 6) is 1.83. The zero-order chi connectivity index (χ0) is 15.3. The summed E-state index contributed by atoms with van der Waals surface area (Å²) >= 11 is 0. The Labute approximate surface area is 131 Å². The van der Waals surface area contributed by atoms with E-state index in [0.717, 1.165) is 11.0 Å². The lowest BCUT2D eigenvalue weighted by Crippen LogP contribution is -2.18. The summed E-state index contributed by atoms with van der Waals surface area (Å²) < 4.78 is 0. The van der Waals surface area contributed by atoms with Gasteiger partial charge in [0, 0.05) is 28.6 Å². The molecule has 0 aliphatic heterocycles. The minimum Gasteiger partial charge on any atom is -0.254 e. The van der Waals surface area contributed by atoms with Crippen molar-refractivity contribution in [1.82, 2.24) is 9.97 Å². The van der Waals surface area contributed by atoms with E-state index in [1.807, 2.05) is 12.3 Å². The molecule has 2 nitrogen and oxygen atoms in total. The second kappa shape index (κ2) is 5.05. The molecule has 1 aliphatic carbocycles. The molecule has 2 heterocycles. The molecule has 0 saturated carbocycles. The molecule has 0 fully saturated rings. The summed E-state index contributed by atoms with van der Waals surface area (Å²) in [6.45, 7) is 6.97. The van der Waals surface area contributed by atoms with Crippen LogP contribution in [0.1, 0.15) is 56.7 Å². The van der Waals surface area contributed by atoms with Crippen LogP contribution >= 0.6 is 0 Å². The van der Waals surface area contributed by atoms with Crippen molar-refractivity contribution in [3.63, 3.8) is 0 Å². The molecule has 0 unspecified atom stereocenters. The highest BCUT2D eigenvalue weighted by Crippen LogP contribution is 2.42. The Kier molecular flexibility index (Phi) is 3.14. The highest BCUT2D eigenvalue weighted by atomic mass is 14.8. The third-order valence-electron chi connectivity index (χ3n) is 5.22. The zero-order valence-electron chi connectivity index (χ0n) is 13.5. The van der Waals surface area contributed by atoms with Crippen molar-refractivity contribution in [1.29, 1.82) is 0 Å². The second-order valence-corrected chi connectivity index (χ2v) is 7.00. The largest absolute Gasteiger partial charge is 0.254 e. The number of fused-ring (bicyclic) bond motifs is 4. The fourth-order valence-electron chi connectivity index (χ4n) is 3.87. The molecule has 3 aromatic rings. The van der Waals surface area contributed by atoms with E-state index in [1.54, 1.807) is 0 Å². The molecular formula is C20H22N2. The first-order valence-corrected chi connectivity index (χ1v) is 8.33. The van der Waals surface area contributed by atoms with Gasteiger partial charge in [0.05, 0.1) is 11.0 Å². The number of nitrogens with zero attached hydrogens (tertiary/aromatic N) is 2. The molecule has 0 bridgehead atoms. The van der Waals surface area contributed by atoms with Crippen LogP contribution in [0.2, 0.25) is 0 Å². The van der Waals surface area contributed by atoms with E-state index in [9.17, 15) is 0 Å². The maximum atomic E-state index is 5.13. The molecule has 0 radical (unpaired) electrons. The van der Waals surface area contributed by atoms with Gasteiger partial charge in [-0.05, 0) is 42.4 Å². The monoisotopic (exact) mass is 290 g/mol. The lowest BCUT2D eigenvalue weighted by Gasteiger charge is -2.31. The summed E-state index contributed by atoms with van der Waals surface area (Å²) in [5, 5.41) is 2.40. The van der Waals surface area contributed by atoms with Gasteiger partial charge in [0.15, 0.2) is 0 Å². The smallest absolute Gasteiger partial charge is 0.0968 e. The minimum absolute atomic E-state index is 0.578. The van der Waals surface area contributed by atoms with E-state index in [4.69, 9.17) is 4.98 Å². The summed E-state index contributed by atoms with van der Waals surface area (Å²) in [4.78, 5) is 9.72. The van der Waals surface area contributed by atoms with Crippen molar-refractivity contribution in [3.05, 3.63) is 47.8 Å². The number of pyridine rings is 2. The summed E-state index contributed by atoms with van der Waals surface area (Å²) in [5.41, 5.74) is 4.87. The van der Waals surface area contributed by atoms with Crippen LogP contribution in [-0.4, -0.2) is 9.97 Å². The van der Waals surface area contributed by atoms with Gasteiger partial charge in [0.25, 0.3) is 0 Å². The van der Waals surface area contributed by atoms with E-state index in [2.05, 4.69) is 50.0 Å². The van der Waals surface area contributed by atoms with Crippen LogP contribution in [0.5, 0.6) is 0 Å². The van der Waals surface area contributed by atoms with Gasteiger partial charge < -0.3 is 0 Å². The van der Waals surface area contributed by atoms with Crippen molar-refractivity contribution in [2.75, 3.05) is 0 Å². The fourth-order valence-corrected chi connectivity index (χ4v) is 3.87. The molecule has 4 rings (SSSR count). The van der Waals surface area contributed by atoms with Crippen molar-refractivity contribution >= 4 is 21.8 Å². The fraction of sp³-hybridized carbons (Fsp3) is 0.400. The molecule has 2 heteroatoms. The van der Waals surface area contributed by atoms with Gasteiger partial charge in [-0.3, -0.25) is 4.98 Å². The molecule has 112 valence electrons. The van der Waals surface area contributed by atoms with Crippen molar-refractivity contribution in [3.8, 4) is 0 Å².